The first-order valence-corrected chi connectivity index (χ1v) is 3.14. The maximum Gasteiger partial charge on any atom is 0.314 e. The van der Waals surface area contributed by atoms with Crippen LogP contribution in [0.3, 0.4) is 0 Å². The molecular weight excluding hydrogens is 150 g/mol. The molecule has 0 unspecified atom stereocenters. The summed E-state index contributed by atoms with van der Waals surface area (Å²) in [6, 6.07) is 0.393. The van der Waals surface area contributed by atoms with Gasteiger partial charge in [-0.3, -0.25) is 0 Å². The van der Waals surface area contributed by atoms with Crippen LogP contribution in [0.15, 0.2) is 17.1 Å². The minimum absolute atomic E-state index is 0.270. The molecule has 0 radical (unpaired) electrons. The predicted molar refractivity (Wildman–Crippen MR) is 40.4 cm³/mol. The van der Waals surface area contributed by atoms with Gasteiger partial charge in [-0.2, -0.15) is 0 Å². The molecule has 5 heteroatoms. The van der Waals surface area contributed by atoms with E-state index in [0.29, 0.717) is 12.6 Å². The SMILES string of the molecule is C=CCNc1n[nH]c(=S)o1. The van der Waals surface area contributed by atoms with Crippen molar-refractivity contribution >= 4 is 18.2 Å². The third-order valence-corrected chi connectivity index (χ3v) is 1.01. The van der Waals surface area contributed by atoms with Crippen LogP contribution >= 0.6 is 12.2 Å². The Kier molecular flexibility index (Phi) is 2.22. The second-order valence-corrected chi connectivity index (χ2v) is 1.96. The molecule has 0 atom stereocenters. The molecule has 0 aromatic carbocycles. The third kappa shape index (κ3) is 1.70. The van der Waals surface area contributed by atoms with Gasteiger partial charge in [-0.05, 0) is 12.2 Å². The molecule has 0 fully saturated rings. The summed E-state index contributed by atoms with van der Waals surface area (Å²) in [5.74, 6) is 0. The van der Waals surface area contributed by atoms with E-state index in [1.165, 1.54) is 0 Å². The van der Waals surface area contributed by atoms with Crippen LogP contribution in [0.25, 0.3) is 0 Å². The molecule has 10 heavy (non-hydrogen) atoms. The number of rotatable bonds is 3. The first kappa shape index (κ1) is 7.01. The van der Waals surface area contributed by atoms with Crippen LogP contribution in [-0.2, 0) is 0 Å². The van der Waals surface area contributed by atoms with Crippen LogP contribution in [0.1, 0.15) is 0 Å². The highest BCUT2D eigenvalue weighted by atomic mass is 32.1. The lowest BCUT2D eigenvalue weighted by Crippen LogP contribution is -1.97. The van der Waals surface area contributed by atoms with Crippen molar-refractivity contribution in [3.8, 4) is 0 Å². The van der Waals surface area contributed by atoms with E-state index >= 15 is 0 Å². The molecule has 1 rings (SSSR count). The third-order valence-electron chi connectivity index (χ3n) is 0.836. The zero-order chi connectivity index (χ0) is 7.40. The lowest BCUT2D eigenvalue weighted by Gasteiger charge is -1.90. The minimum atomic E-state index is 0.270. The molecule has 0 amide bonds. The van der Waals surface area contributed by atoms with Crippen molar-refractivity contribution in [3.63, 3.8) is 0 Å². The average Bonchev–Trinajstić information content (AvgIpc) is 2.31. The average molecular weight is 157 g/mol. The van der Waals surface area contributed by atoms with Crippen LogP contribution < -0.4 is 5.32 Å². The van der Waals surface area contributed by atoms with E-state index in [-0.39, 0.29) is 4.84 Å². The molecule has 54 valence electrons. The van der Waals surface area contributed by atoms with E-state index in [4.69, 9.17) is 4.42 Å². The fraction of sp³-hybridized carbons (Fsp3) is 0.200. The summed E-state index contributed by atoms with van der Waals surface area (Å²) >= 11 is 4.63. The van der Waals surface area contributed by atoms with E-state index in [0.717, 1.165) is 0 Å². The van der Waals surface area contributed by atoms with Crippen LogP contribution in [0, 0.1) is 4.84 Å². The molecule has 2 N–H and O–H groups in total. The Morgan fingerprint density at radius 3 is 3.20 bits per heavy atom. The van der Waals surface area contributed by atoms with Crippen molar-refractivity contribution in [2.75, 3.05) is 11.9 Å². The number of nitrogens with one attached hydrogen (secondary N) is 2. The van der Waals surface area contributed by atoms with Gasteiger partial charge in [0, 0.05) is 6.54 Å². The second kappa shape index (κ2) is 3.17. The number of aromatic amines is 1. The van der Waals surface area contributed by atoms with Crippen LogP contribution in [0.2, 0.25) is 0 Å². The number of hydrogen-bond donors (Lipinski definition) is 2. The summed E-state index contributed by atoms with van der Waals surface area (Å²) in [6.45, 7) is 4.13. The molecule has 0 bridgehead atoms. The van der Waals surface area contributed by atoms with E-state index in [1.807, 2.05) is 0 Å². The lowest BCUT2D eigenvalue weighted by atomic mass is 10.6. The number of nitrogens with zero attached hydrogens (tertiary/aromatic N) is 1. The molecule has 1 aromatic heterocycles. The topological polar surface area (TPSA) is 53.9 Å². The smallest absolute Gasteiger partial charge is 0.314 e. The van der Waals surface area contributed by atoms with E-state index in [9.17, 15) is 0 Å². The zero-order valence-corrected chi connectivity index (χ0v) is 6.07. The van der Waals surface area contributed by atoms with Gasteiger partial charge in [-0.15, -0.1) is 11.7 Å². The summed E-state index contributed by atoms with van der Waals surface area (Å²) in [7, 11) is 0. The summed E-state index contributed by atoms with van der Waals surface area (Å²) in [4.78, 5) is 0.270. The Balaban J connectivity index is 2.58. The van der Waals surface area contributed by atoms with Gasteiger partial charge in [-0.25, -0.2) is 5.10 Å². The lowest BCUT2D eigenvalue weighted by molar-refractivity contribution is 0.551. The van der Waals surface area contributed by atoms with Crippen molar-refractivity contribution in [3.05, 3.63) is 17.5 Å². The van der Waals surface area contributed by atoms with Gasteiger partial charge < -0.3 is 9.73 Å². The summed E-state index contributed by atoms with van der Waals surface area (Å²) in [5.41, 5.74) is 0. The molecular formula is C5H7N3OS. The molecule has 0 aliphatic carbocycles. The van der Waals surface area contributed by atoms with Gasteiger partial charge in [0.2, 0.25) is 0 Å². The first-order chi connectivity index (χ1) is 4.83. The summed E-state index contributed by atoms with van der Waals surface area (Å²) < 4.78 is 4.87. The molecule has 1 aromatic rings. The predicted octanol–water partition coefficient (Wildman–Crippen LogP) is 1.33. The number of H-pyrrole nitrogens is 1. The standard InChI is InChI=1S/C5H7N3OS/c1-2-3-6-4-7-8-5(10)9-4/h2H,1,3H2,(H,6,7)(H,8,10). The molecule has 4 nitrogen and oxygen atoms in total. The summed E-state index contributed by atoms with van der Waals surface area (Å²) in [5, 5.41) is 9.00. The zero-order valence-electron chi connectivity index (χ0n) is 5.26. The highest BCUT2D eigenvalue weighted by molar-refractivity contribution is 7.71. The maximum absolute atomic E-state index is 4.87. The number of anilines is 1. The fourth-order valence-electron chi connectivity index (χ4n) is 0.465. The highest BCUT2D eigenvalue weighted by Crippen LogP contribution is 1.98. The van der Waals surface area contributed by atoms with Gasteiger partial charge in [0.05, 0.1) is 0 Å². The Bertz CT molecular complexity index is 264. The van der Waals surface area contributed by atoms with E-state index in [1.54, 1.807) is 6.08 Å². The van der Waals surface area contributed by atoms with Gasteiger partial charge in [0.15, 0.2) is 0 Å². The maximum atomic E-state index is 4.87. The van der Waals surface area contributed by atoms with Crippen molar-refractivity contribution in [2.24, 2.45) is 0 Å². The van der Waals surface area contributed by atoms with E-state index in [2.05, 4.69) is 34.3 Å². The first-order valence-electron chi connectivity index (χ1n) is 2.73. The fourth-order valence-corrected chi connectivity index (χ4v) is 0.590. The Labute approximate surface area is 62.9 Å². The number of aromatic nitrogens is 2. The largest absolute Gasteiger partial charge is 0.396 e. The number of hydrogen-bond acceptors (Lipinski definition) is 4. The Hall–Kier alpha value is -1.10. The normalized spacial score (nSPS) is 9.20. The monoisotopic (exact) mass is 157 g/mol. The van der Waals surface area contributed by atoms with E-state index < -0.39 is 0 Å². The van der Waals surface area contributed by atoms with Crippen molar-refractivity contribution in [1.29, 1.82) is 0 Å². The Morgan fingerprint density at radius 1 is 1.90 bits per heavy atom. The van der Waals surface area contributed by atoms with Crippen LogP contribution in [0.4, 0.5) is 6.01 Å². The van der Waals surface area contributed by atoms with Gasteiger partial charge in [0.25, 0.3) is 4.84 Å². The van der Waals surface area contributed by atoms with Crippen LogP contribution in [-0.4, -0.2) is 16.7 Å². The Morgan fingerprint density at radius 2 is 2.70 bits per heavy atom. The van der Waals surface area contributed by atoms with Gasteiger partial charge >= 0.3 is 6.01 Å². The van der Waals surface area contributed by atoms with Crippen molar-refractivity contribution in [2.45, 2.75) is 0 Å². The molecule has 1 heterocycles. The highest BCUT2D eigenvalue weighted by Gasteiger charge is 1.92. The molecule has 0 saturated heterocycles. The quantitative estimate of drug-likeness (QED) is 0.513. The van der Waals surface area contributed by atoms with Crippen molar-refractivity contribution < 1.29 is 4.42 Å². The van der Waals surface area contributed by atoms with Crippen LogP contribution in [0.5, 0.6) is 0 Å². The molecule has 0 aliphatic rings. The molecule has 0 aliphatic heterocycles. The minimum Gasteiger partial charge on any atom is -0.396 e. The summed E-state index contributed by atoms with van der Waals surface area (Å²) in [6.07, 6.45) is 1.70. The molecule has 0 spiro atoms. The second-order valence-electron chi connectivity index (χ2n) is 1.59. The van der Waals surface area contributed by atoms with Gasteiger partial charge in [-0.1, -0.05) is 6.08 Å². The molecule has 0 saturated carbocycles. The van der Waals surface area contributed by atoms with Gasteiger partial charge in [0.1, 0.15) is 0 Å². The van der Waals surface area contributed by atoms with Crippen molar-refractivity contribution in [1.82, 2.24) is 10.2 Å².